The average Bonchev–Trinajstić information content (AvgIpc) is 3.03. The van der Waals surface area contributed by atoms with Gasteiger partial charge in [0.05, 0.1) is 0 Å². The molecule has 3 rings (SSSR count). The molecule has 1 fully saturated rings. The van der Waals surface area contributed by atoms with Gasteiger partial charge < -0.3 is 14.9 Å². The number of nitrogens with two attached hydrogens (primary N) is 1. The van der Waals surface area contributed by atoms with E-state index in [2.05, 4.69) is 0 Å². The van der Waals surface area contributed by atoms with Gasteiger partial charge in [0, 0.05) is 22.0 Å². The maximum absolute atomic E-state index is 12.5. The molecular weight excluding hydrogens is 368 g/mol. The Morgan fingerprint density at radius 3 is 2.67 bits per heavy atom. The van der Waals surface area contributed by atoms with Crippen LogP contribution in [0.4, 0.5) is 4.79 Å². The molecule has 0 unspecified atom stereocenters. The van der Waals surface area contributed by atoms with Crippen LogP contribution in [0.5, 0.6) is 0 Å². The first-order chi connectivity index (χ1) is 13.0. The van der Waals surface area contributed by atoms with E-state index in [-0.39, 0.29) is 5.76 Å². The van der Waals surface area contributed by atoms with Gasteiger partial charge in [-0.05, 0) is 18.9 Å². The van der Waals surface area contributed by atoms with Crippen molar-refractivity contribution in [2.24, 2.45) is 5.73 Å². The lowest BCUT2D eigenvalue weighted by molar-refractivity contribution is -0.123. The summed E-state index contributed by atoms with van der Waals surface area (Å²) in [6.45, 7) is -0.603. The van der Waals surface area contributed by atoms with Gasteiger partial charge in [-0.25, -0.2) is 9.59 Å². The first-order valence-corrected chi connectivity index (χ1v) is 9.98. The number of fused-ring (bicyclic) bond motifs is 1. The molecule has 1 aliphatic rings. The molecule has 3 amide bonds. The number of furan rings is 1. The lowest BCUT2D eigenvalue weighted by Gasteiger charge is -2.20. The smallest absolute Gasteiger partial charge is 0.375 e. The lowest BCUT2D eigenvalue weighted by Crippen LogP contribution is -2.37. The Kier molecular flexibility index (Phi) is 6.39. The van der Waals surface area contributed by atoms with Gasteiger partial charge in [0.15, 0.2) is 6.61 Å². The highest BCUT2D eigenvalue weighted by Crippen LogP contribution is 2.35. The zero-order valence-corrected chi connectivity index (χ0v) is 15.7. The van der Waals surface area contributed by atoms with Crippen LogP contribution in [0.15, 0.2) is 28.7 Å². The lowest BCUT2D eigenvalue weighted by atomic mass is 10.0. The molecule has 0 aliphatic heterocycles. The van der Waals surface area contributed by atoms with E-state index in [1.807, 2.05) is 35.3 Å². The highest BCUT2D eigenvalue weighted by molar-refractivity contribution is 7.99. The SMILES string of the molecule is NC(=O)NC(=O)COC(=O)c1oc2ccccc2c1CSC1CCCCC1. The molecule has 0 radical (unpaired) electrons. The van der Waals surface area contributed by atoms with Gasteiger partial charge >= 0.3 is 12.0 Å². The van der Waals surface area contributed by atoms with Crippen LogP contribution >= 0.6 is 11.8 Å². The van der Waals surface area contributed by atoms with E-state index < -0.39 is 24.5 Å². The molecule has 8 heteroatoms. The van der Waals surface area contributed by atoms with Crippen molar-refractivity contribution in [2.45, 2.75) is 43.1 Å². The third-order valence-electron chi connectivity index (χ3n) is 4.50. The minimum absolute atomic E-state index is 0.103. The molecule has 1 heterocycles. The molecule has 7 nitrogen and oxygen atoms in total. The Balaban J connectivity index is 1.73. The topological polar surface area (TPSA) is 112 Å². The minimum atomic E-state index is -0.996. The fourth-order valence-corrected chi connectivity index (χ4v) is 4.57. The van der Waals surface area contributed by atoms with Crippen LogP contribution in [0.3, 0.4) is 0 Å². The number of esters is 1. The van der Waals surface area contributed by atoms with Crippen LogP contribution in [0, 0.1) is 0 Å². The molecular formula is C19H22N2O5S. The summed E-state index contributed by atoms with van der Waals surface area (Å²) < 4.78 is 10.7. The first kappa shape index (κ1) is 19.3. The largest absolute Gasteiger partial charge is 0.450 e. The van der Waals surface area contributed by atoms with Gasteiger partial charge in [0.25, 0.3) is 5.91 Å². The first-order valence-electron chi connectivity index (χ1n) is 8.93. The number of carbonyl (C=O) groups is 3. The standard InChI is InChI=1S/C19H22N2O5S/c20-19(24)21-16(22)10-25-18(23)17-14(11-27-12-6-2-1-3-7-12)13-8-4-5-9-15(13)26-17/h4-5,8-9,12H,1-3,6-7,10-11H2,(H3,20,21,22,24). The fourth-order valence-electron chi connectivity index (χ4n) is 3.21. The van der Waals surface area contributed by atoms with Gasteiger partial charge in [-0.15, -0.1) is 0 Å². The number of carbonyl (C=O) groups excluding carboxylic acids is 3. The van der Waals surface area contributed by atoms with E-state index in [0.29, 0.717) is 16.6 Å². The quantitative estimate of drug-likeness (QED) is 0.732. The molecule has 1 aromatic heterocycles. The molecule has 2 aromatic rings. The summed E-state index contributed by atoms with van der Waals surface area (Å²) in [4.78, 5) is 34.6. The van der Waals surface area contributed by atoms with Crippen LogP contribution in [-0.2, 0) is 15.3 Å². The summed E-state index contributed by atoms with van der Waals surface area (Å²) in [7, 11) is 0. The number of amides is 3. The molecule has 144 valence electrons. The number of nitrogens with one attached hydrogen (secondary N) is 1. The molecule has 0 spiro atoms. The van der Waals surface area contributed by atoms with Crippen LogP contribution in [-0.4, -0.2) is 29.8 Å². The van der Waals surface area contributed by atoms with E-state index >= 15 is 0 Å². The third kappa shape index (κ3) is 5.03. The van der Waals surface area contributed by atoms with Crippen molar-refractivity contribution in [3.05, 3.63) is 35.6 Å². The molecule has 1 saturated carbocycles. The second-order valence-electron chi connectivity index (χ2n) is 6.47. The van der Waals surface area contributed by atoms with Crippen molar-refractivity contribution in [1.82, 2.24) is 5.32 Å². The van der Waals surface area contributed by atoms with Crippen molar-refractivity contribution in [3.8, 4) is 0 Å². The Hall–Kier alpha value is -2.48. The monoisotopic (exact) mass is 390 g/mol. The van der Waals surface area contributed by atoms with Gasteiger partial charge in [-0.2, -0.15) is 11.8 Å². The predicted molar refractivity (Wildman–Crippen MR) is 102 cm³/mol. The van der Waals surface area contributed by atoms with Crippen molar-refractivity contribution in [1.29, 1.82) is 0 Å². The Morgan fingerprint density at radius 1 is 1.19 bits per heavy atom. The van der Waals surface area contributed by atoms with Crippen molar-refractivity contribution in [3.63, 3.8) is 0 Å². The highest BCUT2D eigenvalue weighted by Gasteiger charge is 2.24. The molecule has 1 aliphatic carbocycles. The number of hydrogen-bond acceptors (Lipinski definition) is 6. The van der Waals surface area contributed by atoms with Gasteiger partial charge in [0.2, 0.25) is 5.76 Å². The summed E-state index contributed by atoms with van der Waals surface area (Å²) >= 11 is 1.83. The second-order valence-corrected chi connectivity index (χ2v) is 7.75. The van der Waals surface area contributed by atoms with Crippen molar-refractivity contribution < 1.29 is 23.5 Å². The summed E-state index contributed by atoms with van der Waals surface area (Å²) in [6, 6.07) is 6.43. The number of imide groups is 1. The summed E-state index contributed by atoms with van der Waals surface area (Å²) in [6.07, 6.45) is 6.15. The third-order valence-corrected chi connectivity index (χ3v) is 5.89. The number of urea groups is 1. The van der Waals surface area contributed by atoms with E-state index in [4.69, 9.17) is 14.9 Å². The normalized spacial score (nSPS) is 14.8. The number of para-hydroxylation sites is 1. The predicted octanol–water partition coefficient (Wildman–Crippen LogP) is 3.35. The number of primary amides is 1. The summed E-state index contributed by atoms with van der Waals surface area (Å²) in [5.41, 5.74) is 6.24. The van der Waals surface area contributed by atoms with Gasteiger partial charge in [-0.3, -0.25) is 10.1 Å². The number of thioether (sulfide) groups is 1. The Morgan fingerprint density at radius 2 is 1.93 bits per heavy atom. The Labute approximate surface area is 161 Å². The van der Waals surface area contributed by atoms with Crippen molar-refractivity contribution in [2.75, 3.05) is 6.61 Å². The van der Waals surface area contributed by atoms with E-state index in [9.17, 15) is 14.4 Å². The zero-order chi connectivity index (χ0) is 19.2. The molecule has 0 bridgehead atoms. The summed E-state index contributed by atoms with van der Waals surface area (Å²) in [5, 5.41) is 3.30. The van der Waals surface area contributed by atoms with Crippen LogP contribution < -0.4 is 11.1 Å². The Bertz CT molecular complexity index is 842. The van der Waals surface area contributed by atoms with E-state index in [1.54, 1.807) is 6.07 Å². The zero-order valence-electron chi connectivity index (χ0n) is 14.9. The maximum atomic E-state index is 12.5. The molecule has 0 saturated heterocycles. The average molecular weight is 390 g/mol. The van der Waals surface area contributed by atoms with E-state index in [1.165, 1.54) is 32.1 Å². The number of benzene rings is 1. The molecule has 0 atom stereocenters. The summed E-state index contributed by atoms with van der Waals surface area (Å²) in [5.74, 6) is -0.777. The number of rotatable bonds is 6. The molecule has 1 aromatic carbocycles. The van der Waals surface area contributed by atoms with Crippen molar-refractivity contribution >= 4 is 40.6 Å². The van der Waals surface area contributed by atoms with Gasteiger partial charge in [-0.1, -0.05) is 37.5 Å². The maximum Gasteiger partial charge on any atom is 0.375 e. The van der Waals surface area contributed by atoms with Crippen LogP contribution in [0.25, 0.3) is 11.0 Å². The second kappa shape index (κ2) is 8.94. The number of ether oxygens (including phenoxy) is 1. The van der Waals surface area contributed by atoms with E-state index in [0.717, 1.165) is 10.9 Å². The molecule has 27 heavy (non-hydrogen) atoms. The van der Waals surface area contributed by atoms with Crippen LogP contribution in [0.2, 0.25) is 0 Å². The van der Waals surface area contributed by atoms with Gasteiger partial charge in [0.1, 0.15) is 5.58 Å². The van der Waals surface area contributed by atoms with Crippen LogP contribution in [0.1, 0.15) is 48.2 Å². The molecule has 3 N–H and O–H groups in total. The number of hydrogen-bond donors (Lipinski definition) is 2. The highest BCUT2D eigenvalue weighted by atomic mass is 32.2. The fraction of sp³-hybridized carbons (Fsp3) is 0.421. The minimum Gasteiger partial charge on any atom is -0.450 e.